The fourth-order valence-electron chi connectivity index (χ4n) is 2.97. The van der Waals surface area contributed by atoms with Crippen molar-refractivity contribution in [1.82, 2.24) is 10.3 Å². The van der Waals surface area contributed by atoms with Crippen LogP contribution in [0.2, 0.25) is 0 Å². The topological polar surface area (TPSA) is 28.2 Å². The summed E-state index contributed by atoms with van der Waals surface area (Å²) in [5.41, 5.74) is 2.56. The van der Waals surface area contributed by atoms with E-state index in [-0.39, 0.29) is 0 Å². The molecule has 1 aromatic heterocycles. The van der Waals surface area contributed by atoms with Gasteiger partial charge in [-0.1, -0.05) is 40.5 Å². The summed E-state index contributed by atoms with van der Waals surface area (Å²) < 4.78 is 0. The van der Waals surface area contributed by atoms with Gasteiger partial charge in [-0.15, -0.1) is 0 Å². The minimum Gasteiger partial charge on any atom is -0.357 e. The molecule has 1 N–H and O–H groups in total. The zero-order valence-corrected chi connectivity index (χ0v) is 14.3. The van der Waals surface area contributed by atoms with Crippen LogP contribution in [0.5, 0.6) is 0 Å². The van der Waals surface area contributed by atoms with E-state index >= 15 is 0 Å². The molecule has 0 saturated heterocycles. The average Bonchev–Trinajstić information content (AvgIpc) is 2.98. The van der Waals surface area contributed by atoms with E-state index in [1.54, 1.807) is 0 Å². The summed E-state index contributed by atoms with van der Waals surface area (Å²) >= 11 is 0. The van der Waals surface area contributed by atoms with Crippen molar-refractivity contribution in [1.29, 1.82) is 0 Å². The minimum absolute atomic E-state index is 0.472. The summed E-state index contributed by atoms with van der Waals surface area (Å²) in [7, 11) is 2.21. The molecule has 1 heterocycles. The van der Waals surface area contributed by atoms with E-state index in [9.17, 15) is 0 Å². The zero-order chi connectivity index (χ0) is 15.4. The maximum Gasteiger partial charge on any atom is 0.129 e. The van der Waals surface area contributed by atoms with E-state index in [1.165, 1.54) is 36.9 Å². The SMILES string of the molecule is CC(C)NCc1cc(C(C)C)nc(N(C)C2CCCC2)c1. The van der Waals surface area contributed by atoms with Gasteiger partial charge in [0.1, 0.15) is 5.82 Å². The van der Waals surface area contributed by atoms with Crippen LogP contribution in [0.3, 0.4) is 0 Å². The Labute approximate surface area is 130 Å². The van der Waals surface area contributed by atoms with Gasteiger partial charge in [0.2, 0.25) is 0 Å². The molecule has 118 valence electrons. The van der Waals surface area contributed by atoms with Crippen molar-refractivity contribution in [2.45, 2.75) is 77.9 Å². The van der Waals surface area contributed by atoms with Gasteiger partial charge in [0.05, 0.1) is 0 Å². The summed E-state index contributed by atoms with van der Waals surface area (Å²) in [6.45, 7) is 9.75. The maximum atomic E-state index is 4.90. The first kappa shape index (κ1) is 16.3. The highest BCUT2D eigenvalue weighted by Crippen LogP contribution is 2.27. The minimum atomic E-state index is 0.472. The Morgan fingerprint density at radius 1 is 1.19 bits per heavy atom. The van der Waals surface area contributed by atoms with E-state index in [1.807, 2.05) is 0 Å². The van der Waals surface area contributed by atoms with Crippen LogP contribution >= 0.6 is 0 Å². The van der Waals surface area contributed by atoms with E-state index in [0.717, 1.165) is 12.4 Å². The normalized spacial score (nSPS) is 16.1. The maximum absolute atomic E-state index is 4.90. The number of aromatic nitrogens is 1. The summed E-state index contributed by atoms with van der Waals surface area (Å²) in [6.07, 6.45) is 5.34. The molecule has 3 heteroatoms. The predicted octanol–water partition coefficient (Wildman–Crippen LogP) is 4.08. The molecular formula is C18H31N3. The van der Waals surface area contributed by atoms with Gasteiger partial charge in [-0.05, 0) is 36.5 Å². The molecule has 0 atom stereocenters. The number of nitrogens with zero attached hydrogens (tertiary/aromatic N) is 2. The molecule has 0 spiro atoms. The second kappa shape index (κ2) is 7.26. The fraction of sp³-hybridized carbons (Fsp3) is 0.722. The molecule has 1 fully saturated rings. The molecule has 1 saturated carbocycles. The third-order valence-corrected chi connectivity index (χ3v) is 4.43. The van der Waals surface area contributed by atoms with Gasteiger partial charge in [-0.3, -0.25) is 0 Å². The second-order valence-corrected chi connectivity index (χ2v) is 7.00. The Bertz CT molecular complexity index is 448. The van der Waals surface area contributed by atoms with Crippen LogP contribution in [0.1, 0.15) is 70.6 Å². The van der Waals surface area contributed by atoms with Crippen molar-refractivity contribution in [2.24, 2.45) is 0 Å². The van der Waals surface area contributed by atoms with Crippen molar-refractivity contribution in [3.05, 3.63) is 23.4 Å². The zero-order valence-electron chi connectivity index (χ0n) is 14.3. The van der Waals surface area contributed by atoms with Crippen LogP contribution in [-0.2, 0) is 6.54 Å². The smallest absolute Gasteiger partial charge is 0.129 e. The molecule has 1 aliphatic carbocycles. The Hall–Kier alpha value is -1.09. The van der Waals surface area contributed by atoms with Crippen molar-refractivity contribution >= 4 is 5.82 Å². The molecule has 0 aromatic carbocycles. The third kappa shape index (κ3) is 4.44. The van der Waals surface area contributed by atoms with Gasteiger partial charge in [-0.25, -0.2) is 4.98 Å². The summed E-state index contributed by atoms with van der Waals surface area (Å²) in [6, 6.07) is 5.70. The standard InChI is InChI=1S/C18H31N3/c1-13(2)17-10-15(12-19-14(3)4)11-18(20-17)21(5)16-8-6-7-9-16/h10-11,13-14,16,19H,6-9,12H2,1-5H3. The Morgan fingerprint density at radius 2 is 1.86 bits per heavy atom. The van der Waals surface area contributed by atoms with Crippen LogP contribution in [0.25, 0.3) is 0 Å². The lowest BCUT2D eigenvalue weighted by Gasteiger charge is -2.27. The molecule has 0 aliphatic heterocycles. The highest BCUT2D eigenvalue weighted by Gasteiger charge is 2.21. The Balaban J connectivity index is 2.21. The molecule has 2 rings (SSSR count). The van der Waals surface area contributed by atoms with Crippen molar-refractivity contribution in [3.63, 3.8) is 0 Å². The summed E-state index contributed by atoms with van der Waals surface area (Å²) in [5.74, 6) is 1.62. The van der Waals surface area contributed by atoms with Gasteiger partial charge in [0.25, 0.3) is 0 Å². The quantitative estimate of drug-likeness (QED) is 0.855. The Morgan fingerprint density at radius 3 is 2.43 bits per heavy atom. The lowest BCUT2D eigenvalue weighted by Crippen LogP contribution is -2.30. The third-order valence-electron chi connectivity index (χ3n) is 4.43. The van der Waals surface area contributed by atoms with E-state index in [4.69, 9.17) is 4.98 Å². The lowest BCUT2D eigenvalue weighted by atomic mass is 10.1. The molecule has 21 heavy (non-hydrogen) atoms. The summed E-state index contributed by atoms with van der Waals surface area (Å²) in [5, 5.41) is 3.52. The average molecular weight is 289 g/mol. The van der Waals surface area contributed by atoms with Crippen LogP contribution in [0, 0.1) is 0 Å². The molecule has 0 radical (unpaired) electrons. The molecule has 0 amide bonds. The van der Waals surface area contributed by atoms with E-state index in [0.29, 0.717) is 18.0 Å². The van der Waals surface area contributed by atoms with E-state index in [2.05, 4.69) is 57.1 Å². The number of hydrogen-bond donors (Lipinski definition) is 1. The van der Waals surface area contributed by atoms with Crippen LogP contribution < -0.4 is 10.2 Å². The van der Waals surface area contributed by atoms with Crippen LogP contribution in [0.15, 0.2) is 12.1 Å². The molecule has 0 bridgehead atoms. The van der Waals surface area contributed by atoms with Gasteiger partial charge >= 0.3 is 0 Å². The molecule has 1 aromatic rings. The fourth-order valence-corrected chi connectivity index (χ4v) is 2.97. The van der Waals surface area contributed by atoms with Gasteiger partial charge < -0.3 is 10.2 Å². The number of hydrogen-bond acceptors (Lipinski definition) is 3. The van der Waals surface area contributed by atoms with Gasteiger partial charge in [-0.2, -0.15) is 0 Å². The van der Waals surface area contributed by atoms with E-state index < -0.39 is 0 Å². The highest BCUT2D eigenvalue weighted by molar-refractivity contribution is 5.44. The first-order chi connectivity index (χ1) is 9.97. The largest absolute Gasteiger partial charge is 0.357 e. The first-order valence-electron chi connectivity index (χ1n) is 8.44. The summed E-state index contributed by atoms with van der Waals surface area (Å²) in [4.78, 5) is 7.30. The van der Waals surface area contributed by atoms with Gasteiger partial charge in [0, 0.05) is 31.4 Å². The van der Waals surface area contributed by atoms with Crippen molar-refractivity contribution in [2.75, 3.05) is 11.9 Å². The Kier molecular flexibility index (Phi) is 5.63. The lowest BCUT2D eigenvalue weighted by molar-refractivity contribution is 0.586. The number of anilines is 1. The molecule has 0 unspecified atom stereocenters. The number of nitrogens with one attached hydrogen (secondary N) is 1. The van der Waals surface area contributed by atoms with Crippen LogP contribution in [-0.4, -0.2) is 24.1 Å². The van der Waals surface area contributed by atoms with Crippen molar-refractivity contribution < 1.29 is 0 Å². The highest BCUT2D eigenvalue weighted by atomic mass is 15.2. The second-order valence-electron chi connectivity index (χ2n) is 7.00. The van der Waals surface area contributed by atoms with Gasteiger partial charge in [0.15, 0.2) is 0 Å². The molecule has 3 nitrogen and oxygen atoms in total. The number of pyridine rings is 1. The van der Waals surface area contributed by atoms with Crippen LogP contribution in [0.4, 0.5) is 5.82 Å². The number of rotatable bonds is 6. The monoisotopic (exact) mass is 289 g/mol. The van der Waals surface area contributed by atoms with Crippen molar-refractivity contribution in [3.8, 4) is 0 Å². The molecular weight excluding hydrogens is 258 g/mol. The molecule has 1 aliphatic rings. The first-order valence-corrected chi connectivity index (χ1v) is 8.44. The predicted molar refractivity (Wildman–Crippen MR) is 91.0 cm³/mol.